The van der Waals surface area contributed by atoms with Crippen molar-refractivity contribution in [2.24, 2.45) is 11.7 Å². The standard InChI is InChI=1S/C10H11BrFN/c1-6-5-10(6,13)8-4-7(12)2-3-9(8)11/h2-4,6H,5,13H2,1H3. The fourth-order valence-corrected chi connectivity index (χ4v) is 2.29. The molecule has 2 N–H and O–H groups in total. The van der Waals surface area contributed by atoms with Crippen LogP contribution in [-0.4, -0.2) is 0 Å². The molecule has 1 aliphatic rings. The predicted molar refractivity (Wildman–Crippen MR) is 53.7 cm³/mol. The molecular weight excluding hydrogens is 233 g/mol. The van der Waals surface area contributed by atoms with Crippen LogP contribution in [0.5, 0.6) is 0 Å². The molecule has 1 aromatic rings. The molecule has 3 heteroatoms. The van der Waals surface area contributed by atoms with Crippen LogP contribution in [0.3, 0.4) is 0 Å². The van der Waals surface area contributed by atoms with E-state index in [9.17, 15) is 4.39 Å². The maximum Gasteiger partial charge on any atom is 0.123 e. The Balaban J connectivity index is 2.46. The topological polar surface area (TPSA) is 26.0 Å². The van der Waals surface area contributed by atoms with Gasteiger partial charge in [-0.3, -0.25) is 0 Å². The van der Waals surface area contributed by atoms with Crippen molar-refractivity contribution in [1.82, 2.24) is 0 Å². The highest BCUT2D eigenvalue weighted by molar-refractivity contribution is 9.10. The van der Waals surface area contributed by atoms with Gasteiger partial charge in [0.2, 0.25) is 0 Å². The summed E-state index contributed by atoms with van der Waals surface area (Å²) in [4.78, 5) is 0. The monoisotopic (exact) mass is 243 g/mol. The van der Waals surface area contributed by atoms with Crippen molar-refractivity contribution in [1.29, 1.82) is 0 Å². The third-order valence-electron chi connectivity index (χ3n) is 2.79. The molecule has 2 rings (SSSR count). The van der Waals surface area contributed by atoms with Gasteiger partial charge in [-0.2, -0.15) is 0 Å². The van der Waals surface area contributed by atoms with Gasteiger partial charge in [0.15, 0.2) is 0 Å². The molecule has 13 heavy (non-hydrogen) atoms. The van der Waals surface area contributed by atoms with Gasteiger partial charge in [-0.25, -0.2) is 4.39 Å². The molecule has 2 unspecified atom stereocenters. The summed E-state index contributed by atoms with van der Waals surface area (Å²) < 4.78 is 13.9. The van der Waals surface area contributed by atoms with Crippen molar-refractivity contribution in [2.75, 3.05) is 0 Å². The van der Waals surface area contributed by atoms with Crippen LogP contribution in [0.2, 0.25) is 0 Å². The molecule has 2 atom stereocenters. The van der Waals surface area contributed by atoms with E-state index in [4.69, 9.17) is 5.73 Å². The highest BCUT2D eigenvalue weighted by atomic mass is 79.9. The Morgan fingerprint density at radius 2 is 2.23 bits per heavy atom. The molecule has 0 amide bonds. The first-order valence-corrected chi connectivity index (χ1v) is 5.08. The zero-order valence-corrected chi connectivity index (χ0v) is 8.94. The number of halogens is 2. The average molecular weight is 244 g/mol. The normalized spacial score (nSPS) is 31.8. The van der Waals surface area contributed by atoms with E-state index in [0.717, 1.165) is 16.5 Å². The van der Waals surface area contributed by atoms with E-state index in [0.29, 0.717) is 5.92 Å². The first kappa shape index (κ1) is 9.16. The SMILES string of the molecule is CC1CC1(N)c1cc(F)ccc1Br. The molecule has 1 saturated carbocycles. The lowest BCUT2D eigenvalue weighted by Crippen LogP contribution is -2.22. The third kappa shape index (κ3) is 1.40. The number of nitrogens with two attached hydrogens (primary N) is 1. The highest BCUT2D eigenvalue weighted by Crippen LogP contribution is 2.51. The molecule has 1 nitrogen and oxygen atoms in total. The number of rotatable bonds is 1. The van der Waals surface area contributed by atoms with Crippen LogP contribution in [0.25, 0.3) is 0 Å². The van der Waals surface area contributed by atoms with Crippen LogP contribution in [0.4, 0.5) is 4.39 Å². The second-order valence-corrected chi connectivity index (χ2v) is 4.62. The summed E-state index contributed by atoms with van der Waals surface area (Å²) in [6.07, 6.45) is 0.940. The molecule has 1 aliphatic carbocycles. The Bertz CT molecular complexity index is 353. The second-order valence-electron chi connectivity index (χ2n) is 3.77. The first-order chi connectivity index (χ1) is 6.04. The van der Waals surface area contributed by atoms with E-state index < -0.39 is 0 Å². The molecule has 0 aromatic heterocycles. The van der Waals surface area contributed by atoms with E-state index in [-0.39, 0.29) is 11.4 Å². The third-order valence-corrected chi connectivity index (χ3v) is 3.48. The Hall–Kier alpha value is -0.410. The van der Waals surface area contributed by atoms with Crippen LogP contribution >= 0.6 is 15.9 Å². The van der Waals surface area contributed by atoms with Crippen molar-refractivity contribution in [3.05, 3.63) is 34.1 Å². The van der Waals surface area contributed by atoms with E-state index in [1.54, 1.807) is 6.07 Å². The molecule has 1 fully saturated rings. The summed E-state index contributed by atoms with van der Waals surface area (Å²) in [6, 6.07) is 4.67. The minimum Gasteiger partial charge on any atom is -0.321 e. The van der Waals surface area contributed by atoms with E-state index in [1.807, 2.05) is 0 Å². The van der Waals surface area contributed by atoms with Gasteiger partial charge < -0.3 is 5.73 Å². The lowest BCUT2D eigenvalue weighted by atomic mass is 10.0. The Morgan fingerprint density at radius 1 is 1.62 bits per heavy atom. The van der Waals surface area contributed by atoms with Crippen LogP contribution in [0.15, 0.2) is 22.7 Å². The smallest absolute Gasteiger partial charge is 0.123 e. The Morgan fingerprint density at radius 3 is 2.77 bits per heavy atom. The lowest BCUT2D eigenvalue weighted by Gasteiger charge is -2.12. The van der Waals surface area contributed by atoms with Gasteiger partial charge in [0, 0.05) is 10.0 Å². The molecule has 0 radical (unpaired) electrons. The number of hydrogen-bond acceptors (Lipinski definition) is 1. The van der Waals surface area contributed by atoms with Gasteiger partial charge in [-0.1, -0.05) is 22.9 Å². The van der Waals surface area contributed by atoms with Crippen molar-refractivity contribution in [3.8, 4) is 0 Å². The van der Waals surface area contributed by atoms with E-state index >= 15 is 0 Å². The van der Waals surface area contributed by atoms with Crippen molar-refractivity contribution < 1.29 is 4.39 Å². The van der Waals surface area contributed by atoms with Crippen molar-refractivity contribution in [2.45, 2.75) is 18.9 Å². The Kier molecular flexibility index (Phi) is 1.96. The lowest BCUT2D eigenvalue weighted by molar-refractivity contribution is 0.608. The second kappa shape index (κ2) is 2.79. The highest BCUT2D eigenvalue weighted by Gasteiger charge is 2.49. The van der Waals surface area contributed by atoms with Crippen LogP contribution in [0.1, 0.15) is 18.9 Å². The Labute approximate surface area is 85.3 Å². The van der Waals surface area contributed by atoms with Crippen molar-refractivity contribution in [3.63, 3.8) is 0 Å². The maximum atomic E-state index is 13.0. The molecule has 1 aromatic carbocycles. The fraction of sp³-hybridized carbons (Fsp3) is 0.400. The molecule has 0 spiro atoms. The molecule has 70 valence electrons. The van der Waals surface area contributed by atoms with E-state index in [2.05, 4.69) is 22.9 Å². The number of benzene rings is 1. The van der Waals surface area contributed by atoms with Crippen LogP contribution in [-0.2, 0) is 5.54 Å². The van der Waals surface area contributed by atoms with Gasteiger partial charge in [-0.15, -0.1) is 0 Å². The summed E-state index contributed by atoms with van der Waals surface area (Å²) in [5.74, 6) is 0.229. The van der Waals surface area contributed by atoms with Gasteiger partial charge in [0.25, 0.3) is 0 Å². The summed E-state index contributed by atoms with van der Waals surface area (Å²) in [5.41, 5.74) is 6.67. The maximum absolute atomic E-state index is 13.0. The average Bonchev–Trinajstić information content (AvgIpc) is 2.66. The van der Waals surface area contributed by atoms with Crippen LogP contribution in [0, 0.1) is 11.7 Å². The van der Waals surface area contributed by atoms with Gasteiger partial charge in [-0.05, 0) is 36.1 Å². The van der Waals surface area contributed by atoms with E-state index in [1.165, 1.54) is 12.1 Å². The summed E-state index contributed by atoms with van der Waals surface area (Å²) >= 11 is 3.39. The molecule has 0 saturated heterocycles. The van der Waals surface area contributed by atoms with Crippen molar-refractivity contribution >= 4 is 15.9 Å². The zero-order valence-electron chi connectivity index (χ0n) is 7.35. The molecule has 0 bridgehead atoms. The predicted octanol–water partition coefficient (Wildman–Crippen LogP) is 2.78. The summed E-state index contributed by atoms with van der Waals surface area (Å²) in [7, 11) is 0. The quantitative estimate of drug-likeness (QED) is 0.807. The minimum absolute atomic E-state index is 0.220. The molecule has 0 heterocycles. The zero-order chi connectivity index (χ0) is 9.64. The summed E-state index contributed by atoms with van der Waals surface area (Å²) in [5, 5.41) is 0. The molecule has 0 aliphatic heterocycles. The summed E-state index contributed by atoms with van der Waals surface area (Å²) in [6.45, 7) is 2.08. The first-order valence-electron chi connectivity index (χ1n) is 4.28. The molecular formula is C10H11BrFN. The van der Waals surface area contributed by atoms with Gasteiger partial charge in [0.05, 0.1) is 0 Å². The fourth-order valence-electron chi connectivity index (χ4n) is 1.68. The van der Waals surface area contributed by atoms with Gasteiger partial charge in [0.1, 0.15) is 5.82 Å². The van der Waals surface area contributed by atoms with Gasteiger partial charge >= 0.3 is 0 Å². The largest absolute Gasteiger partial charge is 0.321 e. The van der Waals surface area contributed by atoms with Crippen LogP contribution < -0.4 is 5.73 Å². The minimum atomic E-state index is -0.305. The number of hydrogen-bond donors (Lipinski definition) is 1.